The molecule has 1 N–H and O–H groups in total. The van der Waals surface area contributed by atoms with Crippen LogP contribution in [0.3, 0.4) is 0 Å². The van der Waals surface area contributed by atoms with Crippen molar-refractivity contribution in [2.75, 3.05) is 6.61 Å². The summed E-state index contributed by atoms with van der Waals surface area (Å²) < 4.78 is 0. The van der Waals surface area contributed by atoms with Crippen LogP contribution in [0.2, 0.25) is 0 Å². The summed E-state index contributed by atoms with van der Waals surface area (Å²) >= 11 is 0. The van der Waals surface area contributed by atoms with E-state index >= 15 is 0 Å². The zero-order valence-corrected chi connectivity index (χ0v) is 7.03. The molecule has 3 nitrogen and oxygen atoms in total. The van der Waals surface area contributed by atoms with E-state index in [1.165, 1.54) is 0 Å². The third-order valence-corrected chi connectivity index (χ3v) is 1.69. The van der Waals surface area contributed by atoms with Crippen LogP contribution >= 0.6 is 0 Å². The van der Waals surface area contributed by atoms with Crippen molar-refractivity contribution >= 4 is 5.78 Å². The monoisotopic (exact) mass is 175 g/mol. The third-order valence-electron chi connectivity index (χ3n) is 1.69. The number of Topliss-reactive ketones (excluding diaryl/α,β-unsaturated/α-hetero) is 1. The van der Waals surface area contributed by atoms with Gasteiger partial charge in [-0.25, -0.2) is 0 Å². The van der Waals surface area contributed by atoms with E-state index in [0.29, 0.717) is 11.1 Å². The maximum atomic E-state index is 11.3. The van der Waals surface area contributed by atoms with Gasteiger partial charge in [-0.15, -0.1) is 0 Å². The average molecular weight is 175 g/mol. The van der Waals surface area contributed by atoms with E-state index in [2.05, 4.69) is 0 Å². The van der Waals surface area contributed by atoms with Crippen molar-refractivity contribution in [2.24, 2.45) is 0 Å². The van der Waals surface area contributed by atoms with Crippen LogP contribution in [0.1, 0.15) is 22.3 Å². The van der Waals surface area contributed by atoms with Crippen LogP contribution in [0, 0.1) is 11.3 Å². The Labute approximate surface area is 76.2 Å². The summed E-state index contributed by atoms with van der Waals surface area (Å²) in [5.74, 6) is -0.195. The van der Waals surface area contributed by atoms with Crippen LogP contribution in [0.5, 0.6) is 0 Å². The number of ketones is 1. The molecule has 0 aromatic heterocycles. The minimum absolute atomic E-state index is 0.0681. The fraction of sp³-hybridized carbons (Fsp3) is 0.200. The smallest absolute Gasteiger partial charge is 0.166 e. The minimum atomic E-state index is -0.195. The second kappa shape index (κ2) is 4.39. The van der Waals surface area contributed by atoms with Crippen LogP contribution < -0.4 is 0 Å². The number of aliphatic hydroxyl groups is 1. The second-order valence-electron chi connectivity index (χ2n) is 2.55. The molecule has 0 amide bonds. The summed E-state index contributed by atoms with van der Waals surface area (Å²) in [5, 5.41) is 17.2. The Morgan fingerprint density at radius 3 is 2.77 bits per heavy atom. The van der Waals surface area contributed by atoms with Crippen molar-refractivity contribution in [3.63, 3.8) is 0 Å². The molecule has 0 saturated heterocycles. The zero-order valence-electron chi connectivity index (χ0n) is 7.03. The molecule has 0 fully saturated rings. The molecule has 0 atom stereocenters. The topological polar surface area (TPSA) is 61.1 Å². The molecule has 1 rings (SSSR count). The number of hydrogen-bond acceptors (Lipinski definition) is 3. The number of benzene rings is 1. The lowest BCUT2D eigenvalue weighted by Gasteiger charge is -1.99. The Balaban J connectivity index is 3.01. The van der Waals surface area contributed by atoms with Gasteiger partial charge < -0.3 is 5.11 Å². The second-order valence-corrected chi connectivity index (χ2v) is 2.55. The number of nitriles is 1. The Morgan fingerprint density at radius 1 is 1.46 bits per heavy atom. The van der Waals surface area contributed by atoms with Gasteiger partial charge in [-0.3, -0.25) is 4.79 Å². The van der Waals surface area contributed by atoms with Gasteiger partial charge in [0.15, 0.2) is 5.78 Å². The van der Waals surface area contributed by atoms with Crippen molar-refractivity contribution < 1.29 is 9.90 Å². The molecule has 0 aliphatic carbocycles. The molecule has 13 heavy (non-hydrogen) atoms. The van der Waals surface area contributed by atoms with E-state index in [9.17, 15) is 4.79 Å². The lowest BCUT2D eigenvalue weighted by atomic mass is 10.0. The maximum absolute atomic E-state index is 11.3. The van der Waals surface area contributed by atoms with Crippen molar-refractivity contribution in [3.8, 4) is 6.07 Å². The van der Waals surface area contributed by atoms with Gasteiger partial charge in [0.25, 0.3) is 0 Å². The highest BCUT2D eigenvalue weighted by atomic mass is 16.3. The van der Waals surface area contributed by atoms with Gasteiger partial charge in [-0.1, -0.05) is 18.2 Å². The van der Waals surface area contributed by atoms with Crippen molar-refractivity contribution in [1.82, 2.24) is 0 Å². The first-order chi connectivity index (χ1) is 6.29. The van der Waals surface area contributed by atoms with Crippen LogP contribution in [-0.2, 0) is 0 Å². The Bertz CT molecular complexity index is 352. The summed E-state index contributed by atoms with van der Waals surface area (Å²) in [5.41, 5.74) is 0.750. The fourth-order valence-electron chi connectivity index (χ4n) is 1.06. The molecule has 66 valence electrons. The molecule has 1 aromatic carbocycles. The highest BCUT2D eigenvalue weighted by Gasteiger charge is 2.08. The fourth-order valence-corrected chi connectivity index (χ4v) is 1.06. The molecule has 0 saturated carbocycles. The first-order valence-electron chi connectivity index (χ1n) is 3.92. The summed E-state index contributed by atoms with van der Waals surface area (Å²) in [6, 6.07) is 8.52. The molecule has 0 aliphatic heterocycles. The van der Waals surface area contributed by atoms with Gasteiger partial charge in [0.05, 0.1) is 18.2 Å². The molecule has 1 aromatic rings. The van der Waals surface area contributed by atoms with Crippen LogP contribution in [-0.4, -0.2) is 17.5 Å². The normalized spacial score (nSPS) is 9.23. The quantitative estimate of drug-likeness (QED) is 0.700. The highest BCUT2D eigenvalue weighted by Crippen LogP contribution is 2.09. The minimum Gasteiger partial charge on any atom is -0.396 e. The molecular weight excluding hydrogens is 166 g/mol. The predicted molar refractivity (Wildman–Crippen MR) is 47.2 cm³/mol. The van der Waals surface area contributed by atoms with Gasteiger partial charge in [0, 0.05) is 12.0 Å². The van der Waals surface area contributed by atoms with Gasteiger partial charge in [0.1, 0.15) is 0 Å². The number of hydrogen-bond donors (Lipinski definition) is 1. The Morgan fingerprint density at radius 2 is 2.15 bits per heavy atom. The number of aliphatic hydroxyl groups excluding tert-OH is 1. The third kappa shape index (κ3) is 2.14. The maximum Gasteiger partial charge on any atom is 0.166 e. The van der Waals surface area contributed by atoms with Crippen LogP contribution in [0.15, 0.2) is 24.3 Å². The number of carbonyl (C=O) groups is 1. The first kappa shape index (κ1) is 9.43. The van der Waals surface area contributed by atoms with E-state index in [4.69, 9.17) is 10.4 Å². The first-order valence-corrected chi connectivity index (χ1v) is 3.92. The van der Waals surface area contributed by atoms with Crippen molar-refractivity contribution in [2.45, 2.75) is 6.42 Å². The van der Waals surface area contributed by atoms with E-state index in [1.54, 1.807) is 24.3 Å². The standard InChI is InChI=1S/C10H9NO2/c11-7-8-3-1-2-4-9(8)10(13)5-6-12/h1-4,12H,5-6H2. The molecule has 0 unspecified atom stereocenters. The summed E-state index contributed by atoms with van der Waals surface area (Å²) in [6.07, 6.45) is 0.0681. The van der Waals surface area contributed by atoms with Gasteiger partial charge >= 0.3 is 0 Å². The highest BCUT2D eigenvalue weighted by molar-refractivity contribution is 5.98. The lowest BCUT2D eigenvalue weighted by molar-refractivity contribution is 0.0956. The van der Waals surface area contributed by atoms with Gasteiger partial charge in [-0.2, -0.15) is 5.26 Å². The molecule has 3 heteroatoms. The van der Waals surface area contributed by atoms with E-state index in [1.807, 2.05) is 6.07 Å². The molecule has 0 bridgehead atoms. The molecule has 0 spiro atoms. The van der Waals surface area contributed by atoms with Crippen LogP contribution in [0.25, 0.3) is 0 Å². The Kier molecular flexibility index (Phi) is 3.18. The summed E-state index contributed by atoms with van der Waals surface area (Å²) in [4.78, 5) is 11.3. The zero-order chi connectivity index (χ0) is 9.68. The number of carbonyl (C=O) groups excluding carboxylic acids is 1. The summed E-state index contributed by atoms with van der Waals surface area (Å²) in [7, 11) is 0. The van der Waals surface area contributed by atoms with Crippen molar-refractivity contribution in [1.29, 1.82) is 5.26 Å². The average Bonchev–Trinajstić information content (AvgIpc) is 2.18. The molecule has 0 heterocycles. The van der Waals surface area contributed by atoms with Crippen LogP contribution in [0.4, 0.5) is 0 Å². The number of nitrogens with zero attached hydrogens (tertiary/aromatic N) is 1. The SMILES string of the molecule is N#Cc1ccccc1C(=O)CCO. The Hall–Kier alpha value is -1.66. The van der Waals surface area contributed by atoms with Gasteiger partial charge in [0.2, 0.25) is 0 Å². The molecule has 0 aliphatic rings. The van der Waals surface area contributed by atoms with Gasteiger partial charge in [-0.05, 0) is 6.07 Å². The molecule has 0 radical (unpaired) electrons. The van der Waals surface area contributed by atoms with E-state index < -0.39 is 0 Å². The largest absolute Gasteiger partial charge is 0.396 e. The van der Waals surface area contributed by atoms with E-state index in [0.717, 1.165) is 0 Å². The lowest BCUT2D eigenvalue weighted by Crippen LogP contribution is -2.03. The van der Waals surface area contributed by atoms with E-state index in [-0.39, 0.29) is 18.8 Å². The molecular formula is C10H9NO2. The van der Waals surface area contributed by atoms with Crippen molar-refractivity contribution in [3.05, 3.63) is 35.4 Å². The summed E-state index contributed by atoms with van der Waals surface area (Å²) in [6.45, 7) is -0.182. The predicted octanol–water partition coefficient (Wildman–Crippen LogP) is 1.12. The number of rotatable bonds is 3.